The maximum absolute atomic E-state index is 14.3. The smallest absolute Gasteiger partial charge is 0.222 e. The van der Waals surface area contributed by atoms with E-state index in [4.69, 9.17) is 0 Å². The molecule has 3 heterocycles. The van der Waals surface area contributed by atoms with Crippen molar-refractivity contribution < 1.29 is 9.50 Å². The van der Waals surface area contributed by atoms with Crippen molar-refractivity contribution in [2.45, 2.75) is 0 Å². The Balaban J connectivity index is 1.68. The van der Waals surface area contributed by atoms with Gasteiger partial charge in [0.15, 0.2) is 0 Å². The highest BCUT2D eigenvalue weighted by Gasteiger charge is 2.10. The van der Waals surface area contributed by atoms with Gasteiger partial charge in [-0.15, -0.1) is 0 Å². The summed E-state index contributed by atoms with van der Waals surface area (Å²) in [4.78, 5) is 10.3. The van der Waals surface area contributed by atoms with Crippen molar-refractivity contribution in [1.82, 2.24) is 14.4 Å². The van der Waals surface area contributed by atoms with E-state index in [9.17, 15) is 9.50 Å². The molecule has 0 aliphatic carbocycles. The van der Waals surface area contributed by atoms with Crippen molar-refractivity contribution in [3.63, 3.8) is 0 Å². The van der Waals surface area contributed by atoms with Crippen LogP contribution in [0.3, 0.4) is 0 Å². The molecule has 1 N–H and O–H groups in total. The third kappa shape index (κ3) is 2.86. The van der Waals surface area contributed by atoms with E-state index in [1.54, 1.807) is 39.8 Å². The van der Waals surface area contributed by atoms with Crippen molar-refractivity contribution in [1.29, 1.82) is 0 Å². The van der Waals surface area contributed by atoms with Crippen LogP contribution >= 0.6 is 0 Å². The van der Waals surface area contributed by atoms with Crippen LogP contribution < -0.4 is 4.90 Å². The molecular formula is C20H17FN4O. The predicted octanol–water partition coefficient (Wildman–Crippen LogP) is 3.97. The molecule has 3 aromatic heterocycles. The summed E-state index contributed by atoms with van der Waals surface area (Å²) in [6.45, 7) is 0. The highest BCUT2D eigenvalue weighted by atomic mass is 19.1. The molecule has 0 atom stereocenters. The number of imidazole rings is 1. The first-order valence-electron chi connectivity index (χ1n) is 8.14. The van der Waals surface area contributed by atoms with Gasteiger partial charge >= 0.3 is 0 Å². The van der Waals surface area contributed by atoms with Gasteiger partial charge in [-0.05, 0) is 29.8 Å². The highest BCUT2D eigenvalue weighted by Crippen LogP contribution is 2.27. The molecule has 0 saturated carbocycles. The van der Waals surface area contributed by atoms with Crippen LogP contribution in [0.5, 0.6) is 5.75 Å². The van der Waals surface area contributed by atoms with Gasteiger partial charge in [-0.2, -0.15) is 4.39 Å². The van der Waals surface area contributed by atoms with E-state index >= 15 is 0 Å². The van der Waals surface area contributed by atoms with Crippen LogP contribution in [0.1, 0.15) is 0 Å². The zero-order chi connectivity index (χ0) is 18.3. The number of anilines is 1. The minimum atomic E-state index is -0.493. The number of nitrogens with zero attached hydrogens (tertiary/aromatic N) is 4. The molecule has 4 aromatic rings. The molecule has 5 nitrogen and oxygen atoms in total. The van der Waals surface area contributed by atoms with Crippen LogP contribution in [-0.4, -0.2) is 33.6 Å². The van der Waals surface area contributed by atoms with Crippen LogP contribution in [0.15, 0.2) is 60.9 Å². The Bertz CT molecular complexity index is 1090. The van der Waals surface area contributed by atoms with Gasteiger partial charge in [0, 0.05) is 31.4 Å². The average Bonchev–Trinajstić information content (AvgIpc) is 3.05. The molecule has 130 valence electrons. The van der Waals surface area contributed by atoms with E-state index in [-0.39, 0.29) is 5.75 Å². The van der Waals surface area contributed by atoms with E-state index in [2.05, 4.69) is 9.97 Å². The van der Waals surface area contributed by atoms with Crippen LogP contribution in [-0.2, 0) is 0 Å². The summed E-state index contributed by atoms with van der Waals surface area (Å²) in [7, 11) is 3.65. The van der Waals surface area contributed by atoms with E-state index in [1.165, 1.54) is 0 Å². The molecule has 6 heteroatoms. The second kappa shape index (κ2) is 6.15. The predicted molar refractivity (Wildman–Crippen MR) is 99.8 cm³/mol. The Morgan fingerprint density at radius 3 is 2.31 bits per heavy atom. The Morgan fingerprint density at radius 2 is 1.62 bits per heavy atom. The minimum Gasteiger partial charge on any atom is -0.506 e. The summed E-state index contributed by atoms with van der Waals surface area (Å²) in [6.07, 6.45) is 3.45. The van der Waals surface area contributed by atoms with Crippen LogP contribution in [0.25, 0.3) is 28.0 Å². The molecular weight excluding hydrogens is 331 g/mol. The molecule has 0 unspecified atom stereocenters. The molecule has 0 spiro atoms. The maximum Gasteiger partial charge on any atom is 0.222 e. The molecule has 26 heavy (non-hydrogen) atoms. The SMILES string of the molecule is CN(C)c1ccc(-c2ccc(-c3cn4cc(O)ccc4n3)cc2)c(F)n1. The van der Waals surface area contributed by atoms with E-state index in [1.807, 2.05) is 44.6 Å². The number of halogens is 1. The summed E-state index contributed by atoms with van der Waals surface area (Å²) in [6, 6.07) is 14.4. The lowest BCUT2D eigenvalue weighted by molar-refractivity contribution is 0.472. The Morgan fingerprint density at radius 1 is 0.885 bits per heavy atom. The maximum atomic E-state index is 14.3. The molecule has 1 aromatic carbocycles. The number of benzene rings is 1. The van der Waals surface area contributed by atoms with Crippen molar-refractivity contribution in [2.24, 2.45) is 0 Å². The topological polar surface area (TPSA) is 53.7 Å². The average molecular weight is 348 g/mol. The lowest BCUT2D eigenvalue weighted by Crippen LogP contribution is -2.11. The minimum absolute atomic E-state index is 0.181. The fourth-order valence-electron chi connectivity index (χ4n) is 2.83. The van der Waals surface area contributed by atoms with Gasteiger partial charge in [-0.1, -0.05) is 24.3 Å². The second-order valence-corrected chi connectivity index (χ2v) is 6.26. The third-order valence-electron chi connectivity index (χ3n) is 4.22. The van der Waals surface area contributed by atoms with Gasteiger partial charge in [-0.25, -0.2) is 9.97 Å². The van der Waals surface area contributed by atoms with Crippen molar-refractivity contribution in [2.75, 3.05) is 19.0 Å². The molecule has 0 aliphatic rings. The van der Waals surface area contributed by atoms with Crippen LogP contribution in [0, 0.1) is 5.95 Å². The first kappa shape index (κ1) is 16.1. The van der Waals surface area contributed by atoms with Gasteiger partial charge < -0.3 is 14.4 Å². The number of fused-ring (bicyclic) bond motifs is 1. The summed E-state index contributed by atoms with van der Waals surface area (Å²) in [5.41, 5.74) is 3.66. The molecule has 4 rings (SSSR count). The molecule has 0 bridgehead atoms. The van der Waals surface area contributed by atoms with Gasteiger partial charge in [0.2, 0.25) is 5.95 Å². The fourth-order valence-corrected chi connectivity index (χ4v) is 2.83. The van der Waals surface area contributed by atoms with Crippen molar-refractivity contribution in [3.05, 3.63) is 66.9 Å². The zero-order valence-corrected chi connectivity index (χ0v) is 14.4. The van der Waals surface area contributed by atoms with Crippen LogP contribution in [0.2, 0.25) is 0 Å². The van der Waals surface area contributed by atoms with Gasteiger partial charge in [-0.3, -0.25) is 0 Å². The largest absolute Gasteiger partial charge is 0.506 e. The van der Waals surface area contributed by atoms with E-state index < -0.39 is 5.95 Å². The monoisotopic (exact) mass is 348 g/mol. The Hall–Kier alpha value is -3.41. The Labute approximate surface area is 150 Å². The highest BCUT2D eigenvalue weighted by molar-refractivity contribution is 5.70. The number of aromatic hydroxyl groups is 1. The first-order valence-corrected chi connectivity index (χ1v) is 8.14. The molecule has 0 fully saturated rings. The number of hydrogen-bond donors (Lipinski definition) is 1. The van der Waals surface area contributed by atoms with E-state index in [0.717, 1.165) is 22.5 Å². The number of hydrogen-bond acceptors (Lipinski definition) is 4. The van der Waals surface area contributed by atoms with Crippen LogP contribution in [0.4, 0.5) is 10.2 Å². The zero-order valence-electron chi connectivity index (χ0n) is 14.4. The van der Waals surface area contributed by atoms with Gasteiger partial charge in [0.1, 0.15) is 17.2 Å². The quantitative estimate of drug-likeness (QED) is 0.569. The standard InChI is InChI=1S/C20H17FN4O/c1-24(2)18-10-8-16(20(21)23-18)13-3-5-14(6-4-13)17-12-25-11-15(26)7-9-19(25)22-17/h3-12,26H,1-2H3. The first-order chi connectivity index (χ1) is 12.5. The number of pyridine rings is 2. The van der Waals surface area contributed by atoms with Crippen molar-refractivity contribution in [3.8, 4) is 28.1 Å². The second-order valence-electron chi connectivity index (χ2n) is 6.26. The summed E-state index contributed by atoms with van der Waals surface area (Å²) >= 11 is 0. The normalized spacial score (nSPS) is 11.0. The third-order valence-corrected chi connectivity index (χ3v) is 4.22. The Kier molecular flexibility index (Phi) is 3.80. The molecule has 0 aliphatic heterocycles. The van der Waals surface area contributed by atoms with Gasteiger partial charge in [0.25, 0.3) is 0 Å². The van der Waals surface area contributed by atoms with E-state index in [0.29, 0.717) is 11.4 Å². The molecule has 0 saturated heterocycles. The summed E-state index contributed by atoms with van der Waals surface area (Å²) < 4.78 is 16.1. The number of aromatic nitrogens is 3. The van der Waals surface area contributed by atoms with Crippen molar-refractivity contribution >= 4 is 11.5 Å². The lowest BCUT2D eigenvalue weighted by Gasteiger charge is -2.12. The summed E-state index contributed by atoms with van der Waals surface area (Å²) in [5.74, 6) is 0.268. The lowest BCUT2D eigenvalue weighted by atomic mass is 10.0. The van der Waals surface area contributed by atoms with Gasteiger partial charge in [0.05, 0.1) is 11.9 Å². The fraction of sp³-hybridized carbons (Fsp3) is 0.100. The molecule has 0 radical (unpaired) electrons. The number of rotatable bonds is 3. The molecule has 0 amide bonds. The summed E-state index contributed by atoms with van der Waals surface area (Å²) in [5, 5.41) is 9.56.